The van der Waals surface area contributed by atoms with E-state index in [1.807, 2.05) is 31.2 Å². The second-order valence-electron chi connectivity index (χ2n) is 6.51. The van der Waals surface area contributed by atoms with Gasteiger partial charge in [0.2, 0.25) is 0 Å². The van der Waals surface area contributed by atoms with Gasteiger partial charge in [-0.15, -0.1) is 0 Å². The van der Waals surface area contributed by atoms with Gasteiger partial charge in [0.05, 0.1) is 16.8 Å². The number of carbonyl (C=O) groups is 1. The maximum absolute atomic E-state index is 13.2. The first-order valence-electron chi connectivity index (χ1n) is 9.08. The molecule has 0 saturated heterocycles. The third-order valence-corrected chi connectivity index (χ3v) is 6.69. The van der Waals surface area contributed by atoms with E-state index < -0.39 is 22.5 Å². The maximum Gasteiger partial charge on any atom is 0.264 e. The topological polar surface area (TPSA) is 78.8 Å². The highest BCUT2D eigenvalue weighted by atomic mass is 127. The van der Waals surface area contributed by atoms with Gasteiger partial charge >= 0.3 is 0 Å². The molecule has 0 heterocycles. The standard InChI is InChI=1S/C22H20IN3O3S/c1-17-6-5-7-18(14-17)15-24-25-22(27)16-26(20-12-10-19(23)11-13-20)30(28,29)21-8-3-2-4-9-21/h2-15H,16H2,1H3,(H,25,27)/b24-15-. The number of aryl methyl sites for hydroxylation is 1. The van der Waals surface area contributed by atoms with Crippen LogP contribution < -0.4 is 9.73 Å². The summed E-state index contributed by atoms with van der Waals surface area (Å²) in [5.74, 6) is -0.544. The van der Waals surface area contributed by atoms with E-state index >= 15 is 0 Å². The van der Waals surface area contributed by atoms with Crippen LogP contribution in [0.4, 0.5) is 5.69 Å². The van der Waals surface area contributed by atoms with E-state index in [1.54, 1.807) is 42.5 Å². The fraction of sp³-hybridized carbons (Fsp3) is 0.0909. The van der Waals surface area contributed by atoms with Crippen molar-refractivity contribution in [3.63, 3.8) is 0 Å². The number of sulfonamides is 1. The minimum absolute atomic E-state index is 0.111. The van der Waals surface area contributed by atoms with Crippen molar-refractivity contribution >= 4 is 50.4 Å². The number of benzene rings is 3. The summed E-state index contributed by atoms with van der Waals surface area (Å²) in [5, 5.41) is 3.95. The molecule has 8 heteroatoms. The zero-order valence-electron chi connectivity index (χ0n) is 16.2. The molecule has 3 aromatic carbocycles. The molecule has 3 rings (SSSR count). The predicted octanol–water partition coefficient (Wildman–Crippen LogP) is 3.95. The summed E-state index contributed by atoms with van der Waals surface area (Å²) < 4.78 is 28.4. The monoisotopic (exact) mass is 533 g/mol. The number of hydrazone groups is 1. The van der Waals surface area contributed by atoms with E-state index in [0.717, 1.165) is 19.0 Å². The van der Waals surface area contributed by atoms with Gasteiger partial charge in [-0.05, 0) is 71.5 Å². The van der Waals surface area contributed by atoms with Crippen molar-refractivity contribution in [1.82, 2.24) is 5.43 Å². The molecular weight excluding hydrogens is 513 g/mol. The summed E-state index contributed by atoms with van der Waals surface area (Å²) in [5.41, 5.74) is 4.72. The summed E-state index contributed by atoms with van der Waals surface area (Å²) in [6, 6.07) is 22.6. The average molecular weight is 533 g/mol. The number of rotatable bonds is 7. The Kier molecular flexibility index (Phi) is 7.22. The minimum atomic E-state index is -3.93. The van der Waals surface area contributed by atoms with Crippen molar-refractivity contribution in [2.75, 3.05) is 10.8 Å². The second kappa shape index (κ2) is 9.86. The fourth-order valence-corrected chi connectivity index (χ4v) is 4.54. The van der Waals surface area contributed by atoms with Gasteiger partial charge < -0.3 is 0 Å². The molecule has 0 radical (unpaired) electrons. The van der Waals surface area contributed by atoms with Crippen molar-refractivity contribution in [2.24, 2.45) is 5.10 Å². The summed E-state index contributed by atoms with van der Waals surface area (Å²) in [6.07, 6.45) is 1.52. The highest BCUT2D eigenvalue weighted by molar-refractivity contribution is 14.1. The molecular formula is C22H20IN3O3S. The van der Waals surface area contributed by atoms with E-state index in [-0.39, 0.29) is 4.90 Å². The normalized spacial score (nSPS) is 11.4. The summed E-state index contributed by atoms with van der Waals surface area (Å²) in [6.45, 7) is 1.56. The van der Waals surface area contributed by atoms with Crippen LogP contribution in [0.3, 0.4) is 0 Å². The third-order valence-electron chi connectivity index (χ3n) is 4.18. The average Bonchev–Trinajstić information content (AvgIpc) is 2.73. The van der Waals surface area contributed by atoms with Crippen LogP contribution in [0.15, 0.2) is 88.9 Å². The Hall–Kier alpha value is -2.72. The van der Waals surface area contributed by atoms with Crippen LogP contribution in [-0.2, 0) is 14.8 Å². The summed E-state index contributed by atoms with van der Waals surface area (Å²) in [4.78, 5) is 12.6. The van der Waals surface area contributed by atoms with E-state index in [2.05, 4.69) is 33.1 Å². The van der Waals surface area contributed by atoms with Gasteiger partial charge in [0.15, 0.2) is 0 Å². The second-order valence-corrected chi connectivity index (χ2v) is 9.62. The summed E-state index contributed by atoms with van der Waals surface area (Å²) >= 11 is 2.14. The molecule has 1 N–H and O–H groups in total. The van der Waals surface area contributed by atoms with Crippen molar-refractivity contribution < 1.29 is 13.2 Å². The SMILES string of the molecule is Cc1cccc(/C=N\NC(=O)CN(c2ccc(I)cc2)S(=O)(=O)c2ccccc2)c1. The van der Waals surface area contributed by atoms with Crippen LogP contribution in [0.25, 0.3) is 0 Å². The molecule has 0 saturated carbocycles. The molecule has 0 fully saturated rings. The molecule has 0 unspecified atom stereocenters. The molecule has 0 aliphatic heterocycles. The Morgan fingerprint density at radius 3 is 2.40 bits per heavy atom. The number of hydrogen-bond acceptors (Lipinski definition) is 4. The first-order valence-corrected chi connectivity index (χ1v) is 11.6. The Bertz CT molecular complexity index is 1150. The first kappa shape index (κ1) is 22.0. The van der Waals surface area contributed by atoms with Gasteiger partial charge in [-0.3, -0.25) is 9.10 Å². The van der Waals surface area contributed by atoms with E-state index in [9.17, 15) is 13.2 Å². The van der Waals surface area contributed by atoms with Crippen molar-refractivity contribution in [3.05, 3.63) is 93.6 Å². The zero-order valence-corrected chi connectivity index (χ0v) is 19.2. The van der Waals surface area contributed by atoms with Gasteiger partial charge in [0, 0.05) is 3.57 Å². The molecule has 1 amide bonds. The van der Waals surface area contributed by atoms with Gasteiger partial charge in [-0.25, -0.2) is 13.8 Å². The van der Waals surface area contributed by atoms with Crippen LogP contribution in [0.5, 0.6) is 0 Å². The molecule has 0 spiro atoms. The number of nitrogens with zero attached hydrogens (tertiary/aromatic N) is 2. The quantitative estimate of drug-likeness (QED) is 0.284. The maximum atomic E-state index is 13.2. The van der Waals surface area contributed by atoms with Gasteiger partial charge in [-0.2, -0.15) is 5.10 Å². The van der Waals surface area contributed by atoms with Crippen molar-refractivity contribution in [2.45, 2.75) is 11.8 Å². The largest absolute Gasteiger partial charge is 0.271 e. The first-order chi connectivity index (χ1) is 14.4. The Morgan fingerprint density at radius 1 is 1.03 bits per heavy atom. The molecule has 0 aliphatic carbocycles. The number of carbonyl (C=O) groups excluding carboxylic acids is 1. The van der Waals surface area contributed by atoms with Gasteiger partial charge in [0.1, 0.15) is 6.54 Å². The molecule has 3 aromatic rings. The molecule has 30 heavy (non-hydrogen) atoms. The molecule has 0 atom stereocenters. The fourth-order valence-electron chi connectivity index (χ4n) is 2.74. The van der Waals surface area contributed by atoms with Crippen molar-refractivity contribution in [1.29, 1.82) is 0 Å². The highest BCUT2D eigenvalue weighted by Gasteiger charge is 2.27. The molecule has 6 nitrogen and oxygen atoms in total. The Balaban J connectivity index is 1.82. The predicted molar refractivity (Wildman–Crippen MR) is 127 cm³/mol. The van der Waals surface area contributed by atoms with Crippen LogP contribution in [0.2, 0.25) is 0 Å². The summed E-state index contributed by atoms with van der Waals surface area (Å²) in [7, 11) is -3.93. The lowest BCUT2D eigenvalue weighted by Crippen LogP contribution is -2.39. The lowest BCUT2D eigenvalue weighted by Gasteiger charge is -2.23. The zero-order chi connectivity index (χ0) is 21.6. The molecule has 0 bridgehead atoms. The third kappa shape index (κ3) is 5.67. The van der Waals surface area contributed by atoms with Crippen LogP contribution in [0, 0.1) is 10.5 Å². The van der Waals surface area contributed by atoms with E-state index in [1.165, 1.54) is 18.3 Å². The molecule has 0 aliphatic rings. The molecule has 0 aromatic heterocycles. The van der Waals surface area contributed by atoms with Gasteiger partial charge in [-0.1, -0.05) is 48.0 Å². The van der Waals surface area contributed by atoms with Crippen molar-refractivity contribution in [3.8, 4) is 0 Å². The lowest BCUT2D eigenvalue weighted by molar-refractivity contribution is -0.119. The smallest absolute Gasteiger partial charge is 0.264 e. The number of anilines is 1. The minimum Gasteiger partial charge on any atom is -0.271 e. The highest BCUT2D eigenvalue weighted by Crippen LogP contribution is 2.24. The Morgan fingerprint density at radius 2 is 1.73 bits per heavy atom. The number of halogens is 1. The van der Waals surface area contributed by atoms with Gasteiger partial charge in [0.25, 0.3) is 15.9 Å². The number of nitrogens with one attached hydrogen (secondary N) is 1. The number of hydrogen-bond donors (Lipinski definition) is 1. The van der Waals surface area contributed by atoms with Crippen LogP contribution in [0.1, 0.15) is 11.1 Å². The number of amides is 1. The van der Waals surface area contributed by atoms with Crippen LogP contribution in [-0.4, -0.2) is 27.1 Å². The molecule has 154 valence electrons. The van der Waals surface area contributed by atoms with E-state index in [4.69, 9.17) is 0 Å². The Labute approximate surface area is 189 Å². The van der Waals surface area contributed by atoms with E-state index in [0.29, 0.717) is 5.69 Å². The van der Waals surface area contributed by atoms with Crippen LogP contribution >= 0.6 is 22.6 Å². The lowest BCUT2D eigenvalue weighted by atomic mass is 10.2.